The molecule has 0 amide bonds. The Balaban J connectivity index is 2.01. The van der Waals surface area contributed by atoms with E-state index in [9.17, 15) is 0 Å². The van der Waals surface area contributed by atoms with Gasteiger partial charge in [-0.05, 0) is 60.8 Å². The van der Waals surface area contributed by atoms with Crippen molar-refractivity contribution in [1.82, 2.24) is 15.1 Å². The van der Waals surface area contributed by atoms with Gasteiger partial charge in [-0.3, -0.25) is 4.68 Å². The topological polar surface area (TPSA) is 29.9 Å². The average Bonchev–Trinajstić information content (AvgIpc) is 3.06. The molecule has 0 spiro atoms. The van der Waals surface area contributed by atoms with Crippen LogP contribution in [0, 0.1) is 0 Å². The van der Waals surface area contributed by atoms with Crippen LogP contribution in [0.15, 0.2) is 16.7 Å². The Bertz CT molecular complexity index is 566. The van der Waals surface area contributed by atoms with Crippen molar-refractivity contribution in [2.45, 2.75) is 38.8 Å². The van der Waals surface area contributed by atoms with E-state index >= 15 is 0 Å². The highest BCUT2D eigenvalue weighted by Gasteiger charge is 2.24. The molecule has 1 aliphatic carbocycles. The maximum Gasteiger partial charge on any atom is 0.0851 e. The molecule has 0 saturated heterocycles. The second kappa shape index (κ2) is 5.38. The number of thiophene rings is 1. The first-order valence-corrected chi connectivity index (χ1v) is 8.35. The van der Waals surface area contributed by atoms with Gasteiger partial charge in [0.05, 0.1) is 22.4 Å². The number of hydrogen-bond donors (Lipinski definition) is 1. The summed E-state index contributed by atoms with van der Waals surface area (Å²) in [6, 6.07) is 2.61. The highest BCUT2D eigenvalue weighted by molar-refractivity contribution is 9.10. The second-order valence-electron chi connectivity index (χ2n) is 4.87. The number of hydrogen-bond acceptors (Lipinski definition) is 3. The summed E-state index contributed by atoms with van der Waals surface area (Å²) < 4.78 is 3.15. The third-order valence-corrected chi connectivity index (χ3v) is 5.66. The SMILES string of the molecule is CCn1ncc(Br)c1C(NC)c1cc2c(s1)CCC2. The Morgan fingerprint density at radius 3 is 3.05 bits per heavy atom. The molecule has 1 N–H and O–H groups in total. The Kier molecular flexibility index (Phi) is 3.78. The van der Waals surface area contributed by atoms with Gasteiger partial charge in [-0.15, -0.1) is 11.3 Å². The summed E-state index contributed by atoms with van der Waals surface area (Å²) in [5.74, 6) is 0. The predicted octanol–water partition coefficient (Wildman–Crippen LogP) is 3.52. The van der Waals surface area contributed by atoms with Crippen molar-refractivity contribution in [2.75, 3.05) is 7.05 Å². The van der Waals surface area contributed by atoms with Gasteiger partial charge in [0.15, 0.2) is 0 Å². The van der Waals surface area contributed by atoms with Gasteiger partial charge >= 0.3 is 0 Å². The van der Waals surface area contributed by atoms with Gasteiger partial charge in [0, 0.05) is 16.3 Å². The van der Waals surface area contributed by atoms with Gasteiger partial charge < -0.3 is 5.32 Å². The van der Waals surface area contributed by atoms with E-state index in [0.29, 0.717) is 0 Å². The summed E-state index contributed by atoms with van der Waals surface area (Å²) in [5, 5.41) is 7.87. The quantitative estimate of drug-likeness (QED) is 0.923. The summed E-state index contributed by atoms with van der Waals surface area (Å²) >= 11 is 5.59. The molecule has 1 atom stereocenters. The fourth-order valence-electron chi connectivity index (χ4n) is 2.82. The van der Waals surface area contributed by atoms with Gasteiger partial charge in [-0.25, -0.2) is 0 Å². The number of fused-ring (bicyclic) bond motifs is 1. The van der Waals surface area contributed by atoms with Gasteiger partial charge in [-0.1, -0.05) is 0 Å². The largest absolute Gasteiger partial charge is 0.307 e. The number of rotatable bonds is 4. The number of aromatic nitrogens is 2. The number of nitrogens with one attached hydrogen (secondary N) is 1. The summed E-state index contributed by atoms with van der Waals surface area (Å²) in [5.41, 5.74) is 2.78. The fraction of sp³-hybridized carbons (Fsp3) is 0.500. The molecule has 5 heteroatoms. The Morgan fingerprint density at radius 1 is 1.53 bits per heavy atom. The Hall–Kier alpha value is -0.650. The first-order chi connectivity index (χ1) is 9.24. The zero-order valence-electron chi connectivity index (χ0n) is 11.2. The third kappa shape index (κ3) is 2.28. The lowest BCUT2D eigenvalue weighted by molar-refractivity contribution is 0.566. The van der Waals surface area contributed by atoms with Crippen LogP contribution >= 0.6 is 27.3 Å². The zero-order valence-corrected chi connectivity index (χ0v) is 13.6. The summed E-state index contributed by atoms with van der Waals surface area (Å²) in [4.78, 5) is 2.98. The molecule has 0 aromatic carbocycles. The van der Waals surface area contributed by atoms with Crippen LogP contribution in [0.4, 0.5) is 0 Å². The molecule has 1 unspecified atom stereocenters. The van der Waals surface area contributed by atoms with E-state index in [1.807, 2.05) is 24.6 Å². The zero-order chi connectivity index (χ0) is 13.4. The van der Waals surface area contributed by atoms with Crippen LogP contribution in [0.3, 0.4) is 0 Å². The maximum atomic E-state index is 4.43. The van der Waals surface area contributed by atoms with Crippen molar-refractivity contribution in [3.63, 3.8) is 0 Å². The van der Waals surface area contributed by atoms with E-state index in [0.717, 1.165) is 11.0 Å². The van der Waals surface area contributed by atoms with Crippen molar-refractivity contribution in [3.05, 3.63) is 37.7 Å². The van der Waals surface area contributed by atoms with Crippen molar-refractivity contribution in [2.24, 2.45) is 0 Å². The molecular formula is C14H18BrN3S. The van der Waals surface area contributed by atoms with Crippen LogP contribution in [0.1, 0.15) is 40.4 Å². The van der Waals surface area contributed by atoms with E-state index < -0.39 is 0 Å². The molecule has 3 nitrogen and oxygen atoms in total. The van der Waals surface area contributed by atoms with Crippen molar-refractivity contribution in [3.8, 4) is 0 Å². The van der Waals surface area contributed by atoms with Gasteiger partial charge in [0.25, 0.3) is 0 Å². The molecule has 3 rings (SSSR count). The molecule has 0 aliphatic heterocycles. The smallest absolute Gasteiger partial charge is 0.0851 e. The van der Waals surface area contributed by atoms with Crippen LogP contribution in [-0.4, -0.2) is 16.8 Å². The standard InChI is InChI=1S/C14H18BrN3S/c1-3-18-14(10(15)8-17-18)13(16-2)12-7-9-5-4-6-11(9)19-12/h7-8,13,16H,3-6H2,1-2H3. The monoisotopic (exact) mass is 339 g/mol. The molecule has 0 bridgehead atoms. The number of nitrogens with zero attached hydrogens (tertiary/aromatic N) is 2. The normalized spacial score (nSPS) is 15.7. The first kappa shape index (κ1) is 13.3. The lowest BCUT2D eigenvalue weighted by Crippen LogP contribution is -2.21. The molecular weight excluding hydrogens is 322 g/mol. The molecule has 19 heavy (non-hydrogen) atoms. The average molecular weight is 340 g/mol. The minimum absolute atomic E-state index is 0.229. The minimum Gasteiger partial charge on any atom is -0.307 e. The lowest BCUT2D eigenvalue weighted by Gasteiger charge is -2.17. The molecule has 2 heterocycles. The Morgan fingerprint density at radius 2 is 2.37 bits per heavy atom. The summed E-state index contributed by atoms with van der Waals surface area (Å²) in [6.07, 6.45) is 5.72. The van der Waals surface area contributed by atoms with Crippen LogP contribution < -0.4 is 5.32 Å². The van der Waals surface area contributed by atoms with Crippen LogP contribution in [0.5, 0.6) is 0 Å². The highest BCUT2D eigenvalue weighted by Crippen LogP contribution is 2.37. The van der Waals surface area contributed by atoms with Crippen LogP contribution in [0.25, 0.3) is 0 Å². The maximum absolute atomic E-state index is 4.43. The van der Waals surface area contributed by atoms with Gasteiger partial charge in [0.2, 0.25) is 0 Å². The highest BCUT2D eigenvalue weighted by atomic mass is 79.9. The van der Waals surface area contributed by atoms with Crippen molar-refractivity contribution in [1.29, 1.82) is 0 Å². The third-order valence-electron chi connectivity index (χ3n) is 3.75. The van der Waals surface area contributed by atoms with E-state index in [-0.39, 0.29) is 6.04 Å². The molecule has 0 fully saturated rings. The molecule has 0 saturated carbocycles. The minimum atomic E-state index is 0.229. The van der Waals surface area contributed by atoms with Crippen molar-refractivity contribution >= 4 is 27.3 Å². The summed E-state index contributed by atoms with van der Waals surface area (Å²) in [7, 11) is 2.02. The molecule has 1 aliphatic rings. The first-order valence-electron chi connectivity index (χ1n) is 6.74. The number of aryl methyl sites for hydroxylation is 3. The molecule has 2 aromatic rings. The van der Waals surface area contributed by atoms with Crippen LogP contribution in [-0.2, 0) is 19.4 Å². The van der Waals surface area contributed by atoms with Crippen LogP contribution in [0.2, 0.25) is 0 Å². The lowest BCUT2D eigenvalue weighted by atomic mass is 10.1. The van der Waals surface area contributed by atoms with E-state index in [4.69, 9.17) is 0 Å². The van der Waals surface area contributed by atoms with Gasteiger partial charge in [0.1, 0.15) is 0 Å². The van der Waals surface area contributed by atoms with E-state index in [1.165, 1.54) is 29.8 Å². The fourth-order valence-corrected chi connectivity index (χ4v) is 4.72. The second-order valence-corrected chi connectivity index (χ2v) is 6.89. The summed E-state index contributed by atoms with van der Waals surface area (Å²) in [6.45, 7) is 3.02. The van der Waals surface area contributed by atoms with E-state index in [1.54, 1.807) is 10.4 Å². The van der Waals surface area contributed by atoms with Gasteiger partial charge in [-0.2, -0.15) is 5.10 Å². The number of halogens is 1. The van der Waals surface area contributed by atoms with E-state index in [2.05, 4.69) is 44.0 Å². The molecule has 102 valence electrons. The van der Waals surface area contributed by atoms with Crippen molar-refractivity contribution < 1.29 is 0 Å². The molecule has 2 aromatic heterocycles. The predicted molar refractivity (Wildman–Crippen MR) is 82.8 cm³/mol. The molecule has 0 radical (unpaired) electrons. The Labute approximate surface area is 126 Å².